The predicted molar refractivity (Wildman–Crippen MR) is 78.3 cm³/mol. The SMILES string of the molecule is C[C@@H](COc1cnc(Cl)c(C#N)c1)NC(=O)OC(C)(C)C. The van der Waals surface area contributed by atoms with E-state index in [4.69, 9.17) is 26.3 Å². The van der Waals surface area contributed by atoms with E-state index < -0.39 is 11.7 Å². The van der Waals surface area contributed by atoms with Crippen LogP contribution in [-0.4, -0.2) is 29.3 Å². The lowest BCUT2D eigenvalue weighted by Gasteiger charge is -2.22. The number of nitrogens with zero attached hydrogens (tertiary/aromatic N) is 2. The third-order valence-corrected chi connectivity index (χ3v) is 2.50. The summed E-state index contributed by atoms with van der Waals surface area (Å²) in [5.74, 6) is 0.411. The Bertz CT molecular complexity index is 549. The fourth-order valence-corrected chi connectivity index (χ4v) is 1.50. The standard InChI is InChI=1S/C14H18ClN3O3/c1-9(18-13(19)21-14(2,3)4)8-20-11-5-10(6-16)12(15)17-7-11/h5,7,9H,8H2,1-4H3,(H,18,19)/t9-/m0/s1. The smallest absolute Gasteiger partial charge is 0.407 e. The molecule has 114 valence electrons. The van der Waals surface area contributed by atoms with Crippen molar-refractivity contribution in [2.24, 2.45) is 0 Å². The van der Waals surface area contributed by atoms with Gasteiger partial charge in [0.2, 0.25) is 0 Å². The Morgan fingerprint density at radius 2 is 2.24 bits per heavy atom. The van der Waals surface area contributed by atoms with Crippen LogP contribution in [0.1, 0.15) is 33.3 Å². The maximum absolute atomic E-state index is 11.6. The summed E-state index contributed by atoms with van der Waals surface area (Å²) < 4.78 is 10.6. The van der Waals surface area contributed by atoms with Crippen LogP contribution in [-0.2, 0) is 4.74 Å². The Morgan fingerprint density at radius 1 is 1.57 bits per heavy atom. The molecule has 0 aliphatic heterocycles. The Labute approximate surface area is 129 Å². The van der Waals surface area contributed by atoms with Crippen LogP contribution in [0, 0.1) is 11.3 Å². The van der Waals surface area contributed by atoms with Gasteiger partial charge in [-0.3, -0.25) is 0 Å². The largest absolute Gasteiger partial charge is 0.490 e. The van der Waals surface area contributed by atoms with Crippen molar-refractivity contribution in [3.63, 3.8) is 0 Å². The molecule has 0 spiro atoms. The van der Waals surface area contributed by atoms with Gasteiger partial charge in [-0.05, 0) is 27.7 Å². The molecule has 0 aliphatic carbocycles. The summed E-state index contributed by atoms with van der Waals surface area (Å²) in [6.45, 7) is 7.36. The normalized spacial score (nSPS) is 12.2. The highest BCUT2D eigenvalue weighted by Gasteiger charge is 2.17. The monoisotopic (exact) mass is 311 g/mol. The number of hydrogen-bond acceptors (Lipinski definition) is 5. The van der Waals surface area contributed by atoms with Gasteiger partial charge < -0.3 is 14.8 Å². The lowest BCUT2D eigenvalue weighted by Crippen LogP contribution is -2.40. The molecule has 1 amide bonds. The van der Waals surface area contributed by atoms with Crippen molar-refractivity contribution in [3.8, 4) is 11.8 Å². The number of hydrogen-bond donors (Lipinski definition) is 1. The molecule has 1 aromatic heterocycles. The molecule has 0 bridgehead atoms. The quantitative estimate of drug-likeness (QED) is 0.864. The number of rotatable bonds is 4. The number of alkyl carbamates (subject to hydrolysis) is 1. The maximum atomic E-state index is 11.6. The summed E-state index contributed by atoms with van der Waals surface area (Å²) in [6, 6.07) is 3.15. The van der Waals surface area contributed by atoms with E-state index in [-0.39, 0.29) is 23.4 Å². The highest BCUT2D eigenvalue weighted by atomic mass is 35.5. The zero-order chi connectivity index (χ0) is 16.0. The van der Waals surface area contributed by atoms with E-state index in [1.54, 1.807) is 27.7 Å². The van der Waals surface area contributed by atoms with Crippen LogP contribution in [0.15, 0.2) is 12.3 Å². The molecule has 1 N–H and O–H groups in total. The summed E-state index contributed by atoms with van der Waals surface area (Å²) in [5, 5.41) is 11.6. The van der Waals surface area contributed by atoms with E-state index in [1.807, 2.05) is 6.07 Å². The van der Waals surface area contributed by atoms with Crippen LogP contribution < -0.4 is 10.1 Å². The number of carbonyl (C=O) groups excluding carboxylic acids is 1. The minimum Gasteiger partial charge on any atom is -0.490 e. The van der Waals surface area contributed by atoms with Gasteiger partial charge in [0.05, 0.1) is 17.8 Å². The third-order valence-electron chi connectivity index (χ3n) is 2.20. The lowest BCUT2D eigenvalue weighted by molar-refractivity contribution is 0.0494. The molecule has 0 aliphatic rings. The fourth-order valence-electron chi connectivity index (χ4n) is 1.36. The summed E-state index contributed by atoms with van der Waals surface area (Å²) in [4.78, 5) is 15.4. The molecule has 1 heterocycles. The molecular weight excluding hydrogens is 294 g/mol. The van der Waals surface area contributed by atoms with E-state index in [2.05, 4.69) is 10.3 Å². The molecule has 0 aromatic carbocycles. The lowest BCUT2D eigenvalue weighted by atomic mass is 10.2. The molecular formula is C14H18ClN3O3. The van der Waals surface area contributed by atoms with Crippen LogP contribution in [0.2, 0.25) is 5.15 Å². The van der Waals surface area contributed by atoms with Crippen molar-refractivity contribution in [2.75, 3.05) is 6.61 Å². The summed E-state index contributed by atoms with van der Waals surface area (Å²) in [5.41, 5.74) is -0.311. The van der Waals surface area contributed by atoms with Gasteiger partial charge in [0.25, 0.3) is 0 Å². The molecule has 1 rings (SSSR count). The first kappa shape index (κ1) is 17.1. The van der Waals surface area contributed by atoms with Crippen LogP contribution in [0.5, 0.6) is 5.75 Å². The van der Waals surface area contributed by atoms with E-state index in [9.17, 15) is 4.79 Å². The van der Waals surface area contributed by atoms with Gasteiger partial charge in [-0.1, -0.05) is 11.6 Å². The molecule has 0 saturated heterocycles. The van der Waals surface area contributed by atoms with E-state index in [0.29, 0.717) is 5.75 Å². The van der Waals surface area contributed by atoms with Crippen LogP contribution in [0.25, 0.3) is 0 Å². The summed E-state index contributed by atoms with van der Waals surface area (Å²) >= 11 is 5.73. The van der Waals surface area contributed by atoms with Crippen LogP contribution in [0.3, 0.4) is 0 Å². The second kappa shape index (κ2) is 7.14. The van der Waals surface area contributed by atoms with Crippen molar-refractivity contribution in [1.29, 1.82) is 5.26 Å². The first-order valence-corrected chi connectivity index (χ1v) is 6.77. The number of nitriles is 1. The van der Waals surface area contributed by atoms with E-state index >= 15 is 0 Å². The van der Waals surface area contributed by atoms with Crippen molar-refractivity contribution in [3.05, 3.63) is 23.0 Å². The number of pyridine rings is 1. The Kier molecular flexibility index (Phi) is 5.79. The van der Waals surface area contributed by atoms with Gasteiger partial charge >= 0.3 is 6.09 Å². The minimum atomic E-state index is -0.549. The zero-order valence-electron chi connectivity index (χ0n) is 12.4. The number of halogens is 1. The average molecular weight is 312 g/mol. The van der Waals surface area contributed by atoms with Crippen molar-refractivity contribution in [1.82, 2.24) is 10.3 Å². The average Bonchev–Trinajstić information content (AvgIpc) is 2.35. The zero-order valence-corrected chi connectivity index (χ0v) is 13.2. The van der Waals surface area contributed by atoms with E-state index in [0.717, 1.165) is 0 Å². The summed E-state index contributed by atoms with van der Waals surface area (Å²) in [7, 11) is 0. The molecule has 0 fully saturated rings. The van der Waals surface area contributed by atoms with Gasteiger partial charge in [0, 0.05) is 6.07 Å². The Hall–Kier alpha value is -2.00. The minimum absolute atomic E-state index is 0.129. The third kappa shape index (κ3) is 6.32. The number of ether oxygens (including phenoxy) is 2. The Morgan fingerprint density at radius 3 is 2.81 bits per heavy atom. The van der Waals surface area contributed by atoms with Gasteiger partial charge in [-0.15, -0.1) is 0 Å². The first-order chi connectivity index (χ1) is 9.71. The summed E-state index contributed by atoms with van der Waals surface area (Å²) in [6.07, 6.45) is 0.911. The highest BCUT2D eigenvalue weighted by Crippen LogP contribution is 2.18. The topological polar surface area (TPSA) is 84.2 Å². The van der Waals surface area contributed by atoms with Gasteiger partial charge in [-0.2, -0.15) is 5.26 Å². The second-order valence-corrected chi connectivity index (χ2v) is 5.84. The molecule has 0 radical (unpaired) electrons. The van der Waals surface area contributed by atoms with Crippen LogP contribution in [0.4, 0.5) is 4.79 Å². The van der Waals surface area contributed by atoms with Crippen molar-refractivity contribution in [2.45, 2.75) is 39.3 Å². The Balaban J connectivity index is 2.48. The molecule has 0 saturated carbocycles. The number of nitrogens with one attached hydrogen (secondary N) is 1. The van der Waals surface area contributed by atoms with Crippen LogP contribution >= 0.6 is 11.6 Å². The molecule has 21 heavy (non-hydrogen) atoms. The first-order valence-electron chi connectivity index (χ1n) is 6.39. The van der Waals surface area contributed by atoms with Gasteiger partial charge in [0.15, 0.2) is 0 Å². The van der Waals surface area contributed by atoms with Crippen molar-refractivity contribution < 1.29 is 14.3 Å². The number of aromatic nitrogens is 1. The van der Waals surface area contributed by atoms with E-state index in [1.165, 1.54) is 12.3 Å². The van der Waals surface area contributed by atoms with Gasteiger partial charge in [-0.25, -0.2) is 9.78 Å². The number of carbonyl (C=O) groups is 1. The maximum Gasteiger partial charge on any atom is 0.407 e. The fraction of sp³-hybridized carbons (Fsp3) is 0.500. The van der Waals surface area contributed by atoms with Gasteiger partial charge in [0.1, 0.15) is 29.2 Å². The molecule has 1 aromatic rings. The van der Waals surface area contributed by atoms with Crippen molar-refractivity contribution >= 4 is 17.7 Å². The molecule has 1 atom stereocenters. The second-order valence-electron chi connectivity index (χ2n) is 5.48. The number of amides is 1. The molecule has 6 nitrogen and oxygen atoms in total. The highest BCUT2D eigenvalue weighted by molar-refractivity contribution is 6.30. The predicted octanol–water partition coefficient (Wildman–Crippen LogP) is 2.90. The molecule has 7 heteroatoms. The molecule has 0 unspecified atom stereocenters.